The quantitative estimate of drug-likeness (QED) is 0.286. The predicted octanol–water partition coefficient (Wildman–Crippen LogP) is 5.41. The van der Waals surface area contributed by atoms with Crippen LogP contribution < -0.4 is 4.74 Å². The minimum atomic E-state index is -0.358. The zero-order valence-corrected chi connectivity index (χ0v) is 14.0. The molecule has 0 aromatic heterocycles. The molecular formula is C23H18O2. The van der Waals surface area contributed by atoms with Crippen LogP contribution in [0, 0.1) is 0 Å². The Morgan fingerprint density at radius 1 is 0.840 bits per heavy atom. The molecule has 0 amide bonds. The van der Waals surface area contributed by atoms with Crippen molar-refractivity contribution in [2.24, 2.45) is 0 Å². The number of fused-ring (bicyclic) bond motifs is 3. The number of ether oxygens (including phenoxy) is 1. The molecule has 0 aliphatic heterocycles. The molecule has 3 aromatic carbocycles. The van der Waals surface area contributed by atoms with Gasteiger partial charge in [-0.25, -0.2) is 4.79 Å². The molecule has 0 atom stereocenters. The first kappa shape index (κ1) is 15.4. The number of para-hydroxylation sites is 1. The lowest BCUT2D eigenvalue weighted by atomic mass is 9.94. The fourth-order valence-electron chi connectivity index (χ4n) is 3.47. The topological polar surface area (TPSA) is 26.3 Å². The van der Waals surface area contributed by atoms with E-state index in [-0.39, 0.29) is 5.97 Å². The Kier molecular flexibility index (Phi) is 3.95. The Morgan fingerprint density at radius 2 is 1.52 bits per heavy atom. The highest BCUT2D eigenvalue weighted by Gasteiger charge is 2.22. The molecule has 0 spiro atoms. The highest BCUT2D eigenvalue weighted by molar-refractivity contribution is 5.93. The molecule has 0 heterocycles. The second-order valence-corrected chi connectivity index (χ2v) is 6.09. The summed E-state index contributed by atoms with van der Waals surface area (Å²) in [5.41, 5.74) is 7.21. The minimum absolute atomic E-state index is 0.358. The van der Waals surface area contributed by atoms with Gasteiger partial charge in [0.2, 0.25) is 0 Å². The van der Waals surface area contributed by atoms with Crippen LogP contribution in [0.25, 0.3) is 22.3 Å². The van der Waals surface area contributed by atoms with Crippen molar-refractivity contribution in [3.63, 3.8) is 0 Å². The zero-order chi connectivity index (χ0) is 17.2. The predicted molar refractivity (Wildman–Crippen MR) is 101 cm³/mol. The molecule has 0 radical (unpaired) electrons. The summed E-state index contributed by atoms with van der Waals surface area (Å²) >= 11 is 0. The van der Waals surface area contributed by atoms with E-state index in [4.69, 9.17) is 4.74 Å². The van der Waals surface area contributed by atoms with Gasteiger partial charge in [0.05, 0.1) is 0 Å². The Hall–Kier alpha value is -3.13. The summed E-state index contributed by atoms with van der Waals surface area (Å²) in [5.74, 6) is 0.228. The number of allylic oxidation sites excluding steroid dienone is 1. The SMILES string of the molecule is CC=CC(=O)Oc1ccccc1-c1cccc2c1-c1ccccc1C2. The molecule has 0 fully saturated rings. The van der Waals surface area contributed by atoms with Crippen molar-refractivity contribution in [1.29, 1.82) is 0 Å². The van der Waals surface area contributed by atoms with Crippen LogP contribution in [0.3, 0.4) is 0 Å². The van der Waals surface area contributed by atoms with E-state index in [1.807, 2.05) is 24.3 Å². The molecule has 2 heteroatoms. The fourth-order valence-corrected chi connectivity index (χ4v) is 3.47. The molecule has 0 saturated heterocycles. The summed E-state index contributed by atoms with van der Waals surface area (Å²) in [6.45, 7) is 1.80. The van der Waals surface area contributed by atoms with Crippen molar-refractivity contribution >= 4 is 5.97 Å². The molecule has 1 aliphatic carbocycles. The normalized spacial score (nSPS) is 12.0. The number of carbonyl (C=O) groups is 1. The first-order valence-corrected chi connectivity index (χ1v) is 8.42. The monoisotopic (exact) mass is 326 g/mol. The van der Waals surface area contributed by atoms with Gasteiger partial charge in [0.1, 0.15) is 5.75 Å². The van der Waals surface area contributed by atoms with Crippen LogP contribution in [0.2, 0.25) is 0 Å². The van der Waals surface area contributed by atoms with E-state index in [0.29, 0.717) is 5.75 Å². The van der Waals surface area contributed by atoms with Crippen molar-refractivity contribution in [3.05, 3.63) is 90.0 Å². The van der Waals surface area contributed by atoms with Crippen LogP contribution >= 0.6 is 0 Å². The summed E-state index contributed by atoms with van der Waals surface area (Å²) < 4.78 is 5.56. The average molecular weight is 326 g/mol. The molecule has 0 bridgehead atoms. The summed E-state index contributed by atoms with van der Waals surface area (Å²) in [4.78, 5) is 11.9. The van der Waals surface area contributed by atoms with Crippen molar-refractivity contribution in [3.8, 4) is 28.0 Å². The van der Waals surface area contributed by atoms with Crippen molar-refractivity contribution in [2.45, 2.75) is 13.3 Å². The average Bonchev–Trinajstić information content (AvgIpc) is 3.01. The van der Waals surface area contributed by atoms with Gasteiger partial charge in [0.15, 0.2) is 0 Å². The number of benzene rings is 3. The van der Waals surface area contributed by atoms with Crippen LogP contribution in [0.4, 0.5) is 0 Å². The first-order valence-electron chi connectivity index (χ1n) is 8.42. The maximum absolute atomic E-state index is 11.9. The van der Waals surface area contributed by atoms with Crippen LogP contribution in [0.1, 0.15) is 18.1 Å². The van der Waals surface area contributed by atoms with Crippen LogP contribution in [0.5, 0.6) is 5.75 Å². The molecule has 122 valence electrons. The third kappa shape index (κ3) is 2.76. The first-order chi connectivity index (χ1) is 12.3. The van der Waals surface area contributed by atoms with E-state index < -0.39 is 0 Å². The van der Waals surface area contributed by atoms with Crippen molar-refractivity contribution < 1.29 is 9.53 Å². The smallest absolute Gasteiger partial charge is 0.335 e. The molecule has 0 N–H and O–H groups in total. The molecule has 4 rings (SSSR count). The van der Waals surface area contributed by atoms with E-state index in [0.717, 1.165) is 17.5 Å². The lowest BCUT2D eigenvalue weighted by Gasteiger charge is -2.13. The highest BCUT2D eigenvalue weighted by atomic mass is 16.5. The van der Waals surface area contributed by atoms with Gasteiger partial charge in [-0.05, 0) is 47.2 Å². The Balaban J connectivity index is 1.87. The zero-order valence-electron chi connectivity index (χ0n) is 14.0. The molecule has 2 nitrogen and oxygen atoms in total. The molecule has 0 unspecified atom stereocenters. The molecule has 1 aliphatic rings. The van der Waals surface area contributed by atoms with Crippen LogP contribution in [-0.2, 0) is 11.2 Å². The lowest BCUT2D eigenvalue weighted by molar-refractivity contribution is -0.128. The second-order valence-electron chi connectivity index (χ2n) is 6.09. The summed E-state index contributed by atoms with van der Waals surface area (Å²) in [6, 6.07) is 22.6. The maximum Gasteiger partial charge on any atom is 0.335 e. The van der Waals surface area contributed by atoms with Crippen LogP contribution in [0.15, 0.2) is 78.9 Å². The fraction of sp³-hybridized carbons (Fsp3) is 0.0870. The summed E-state index contributed by atoms with van der Waals surface area (Å²) in [5, 5.41) is 0. The maximum atomic E-state index is 11.9. The van der Waals surface area contributed by atoms with Gasteiger partial charge in [0.25, 0.3) is 0 Å². The second kappa shape index (κ2) is 6.40. The van der Waals surface area contributed by atoms with E-state index in [2.05, 4.69) is 42.5 Å². The van der Waals surface area contributed by atoms with Gasteiger partial charge in [-0.3, -0.25) is 0 Å². The van der Waals surface area contributed by atoms with Crippen LogP contribution in [-0.4, -0.2) is 5.97 Å². The largest absolute Gasteiger partial charge is 0.423 e. The standard InChI is InChI=1S/C23H18O2/c1-2-8-22(24)25-21-14-6-5-12-19(21)20-13-7-10-17-15-16-9-3-4-11-18(16)23(17)20/h2-14H,15H2,1H3. The van der Waals surface area contributed by atoms with Gasteiger partial charge in [0, 0.05) is 11.6 Å². The highest BCUT2D eigenvalue weighted by Crippen LogP contribution is 2.44. The van der Waals surface area contributed by atoms with Gasteiger partial charge in [-0.15, -0.1) is 0 Å². The van der Waals surface area contributed by atoms with E-state index in [1.165, 1.54) is 28.3 Å². The third-order valence-corrected chi connectivity index (χ3v) is 4.51. The van der Waals surface area contributed by atoms with Crippen molar-refractivity contribution in [2.75, 3.05) is 0 Å². The Bertz CT molecular complexity index is 983. The summed E-state index contributed by atoms with van der Waals surface area (Å²) in [7, 11) is 0. The molecular weight excluding hydrogens is 308 g/mol. The number of hydrogen-bond acceptors (Lipinski definition) is 2. The molecule has 0 saturated carbocycles. The Labute approximate surface area is 147 Å². The number of rotatable bonds is 3. The number of carbonyl (C=O) groups excluding carboxylic acids is 1. The lowest BCUT2D eigenvalue weighted by Crippen LogP contribution is -2.04. The van der Waals surface area contributed by atoms with Gasteiger partial charge >= 0.3 is 5.97 Å². The van der Waals surface area contributed by atoms with E-state index >= 15 is 0 Å². The number of esters is 1. The minimum Gasteiger partial charge on any atom is -0.423 e. The van der Waals surface area contributed by atoms with Crippen molar-refractivity contribution in [1.82, 2.24) is 0 Å². The molecule has 3 aromatic rings. The Morgan fingerprint density at radius 3 is 2.36 bits per heavy atom. The number of hydrogen-bond donors (Lipinski definition) is 0. The molecule has 25 heavy (non-hydrogen) atoms. The van der Waals surface area contributed by atoms with E-state index in [9.17, 15) is 4.79 Å². The summed E-state index contributed by atoms with van der Waals surface area (Å²) in [6.07, 6.45) is 4.06. The van der Waals surface area contributed by atoms with E-state index in [1.54, 1.807) is 13.0 Å². The van der Waals surface area contributed by atoms with Gasteiger partial charge in [-0.1, -0.05) is 66.7 Å². The third-order valence-electron chi connectivity index (χ3n) is 4.51. The van der Waals surface area contributed by atoms with Gasteiger partial charge < -0.3 is 4.74 Å². The van der Waals surface area contributed by atoms with Gasteiger partial charge in [-0.2, -0.15) is 0 Å².